The summed E-state index contributed by atoms with van der Waals surface area (Å²) in [7, 11) is -11.5. The molecule has 0 aromatic heterocycles. The number of hydrogen-bond acceptors (Lipinski definition) is 6. The summed E-state index contributed by atoms with van der Waals surface area (Å²) in [4.78, 5) is 12.3. The van der Waals surface area contributed by atoms with E-state index < -0.39 is 45.4 Å². The lowest BCUT2D eigenvalue weighted by molar-refractivity contribution is -0.110. The van der Waals surface area contributed by atoms with Crippen molar-refractivity contribution in [3.05, 3.63) is 71.5 Å². The van der Waals surface area contributed by atoms with Crippen LogP contribution >= 0.6 is 0 Å². The highest BCUT2D eigenvalue weighted by atomic mass is 16.5. The fourth-order valence-electron chi connectivity index (χ4n) is 2.19. The molecule has 1 N–H and O–H groups in total. The second-order valence-corrected chi connectivity index (χ2v) is 5.46. The van der Waals surface area contributed by atoms with Crippen molar-refractivity contribution in [1.29, 1.82) is 0 Å². The van der Waals surface area contributed by atoms with Crippen LogP contribution in [0.2, 0.25) is 0 Å². The predicted octanol–water partition coefficient (Wildman–Crippen LogP) is 4.46. The number of ether oxygens (including phenoxy) is 4. The monoisotopic (exact) mass is 408 g/mol. The number of carbonyl (C=O) groups is 1. The highest BCUT2D eigenvalue weighted by Crippen LogP contribution is 2.29. The van der Waals surface area contributed by atoms with Crippen molar-refractivity contribution >= 4 is 17.9 Å². The topological polar surface area (TPSA) is 74.2 Å². The Morgan fingerprint density at radius 3 is 1.79 bits per heavy atom. The molecule has 0 unspecified atom stereocenters. The van der Waals surface area contributed by atoms with Gasteiger partial charge < -0.3 is 24.1 Å². The summed E-state index contributed by atoms with van der Waals surface area (Å²) in [5.41, 5.74) is 0.520. The fourth-order valence-corrected chi connectivity index (χ4v) is 2.19. The van der Waals surface area contributed by atoms with E-state index in [1.165, 1.54) is 30.4 Å². The zero-order valence-corrected chi connectivity index (χ0v) is 14.8. The molecule has 0 aliphatic rings. The number of ketones is 1. The third-order valence-corrected chi connectivity index (χ3v) is 3.55. The molecule has 6 nitrogen and oxygen atoms in total. The second-order valence-electron chi connectivity index (χ2n) is 5.46. The normalized spacial score (nSPS) is 19.5. The van der Waals surface area contributed by atoms with E-state index in [2.05, 4.69) is 0 Å². The van der Waals surface area contributed by atoms with Crippen LogP contribution in [-0.4, -0.2) is 39.0 Å². The highest BCUT2D eigenvalue weighted by Gasteiger charge is 2.04. The summed E-state index contributed by atoms with van der Waals surface area (Å²) in [5.74, 6) is -2.67. The minimum atomic E-state index is -2.91. The second kappa shape index (κ2) is 10.6. The maximum absolute atomic E-state index is 12.3. The molecule has 29 heavy (non-hydrogen) atoms. The Morgan fingerprint density at radius 2 is 1.28 bits per heavy atom. The Labute approximate surface area is 187 Å². The van der Waals surface area contributed by atoms with Crippen LogP contribution in [0.25, 0.3) is 12.2 Å². The third kappa shape index (κ3) is 6.17. The number of aliphatic hydroxyl groups excluding tert-OH is 1. The van der Waals surface area contributed by atoms with Gasteiger partial charge in [0, 0.05) is 6.08 Å². The van der Waals surface area contributed by atoms with Crippen LogP contribution < -0.4 is 18.9 Å². The van der Waals surface area contributed by atoms with Crippen LogP contribution in [0.3, 0.4) is 0 Å². The molecule has 0 aliphatic carbocycles. The number of rotatable bonds is 9. The van der Waals surface area contributed by atoms with Gasteiger partial charge in [-0.2, -0.15) is 0 Å². The molecule has 0 amide bonds. The number of hydrogen-bond donors (Lipinski definition) is 1. The van der Waals surface area contributed by atoms with Gasteiger partial charge in [0.15, 0.2) is 28.8 Å². The first kappa shape index (κ1) is 10.2. The summed E-state index contributed by atoms with van der Waals surface area (Å²) >= 11 is 0. The Kier molecular flexibility index (Phi) is 3.73. The number of methoxy groups -OCH3 is 4. The van der Waals surface area contributed by atoms with E-state index in [0.29, 0.717) is 0 Å². The van der Waals surface area contributed by atoms with Crippen LogP contribution in [0.1, 0.15) is 27.6 Å². The van der Waals surface area contributed by atoms with Gasteiger partial charge in [-0.1, -0.05) is 24.3 Å². The molecule has 0 atom stereocenters. The zero-order valence-electron chi connectivity index (χ0n) is 26.8. The molecule has 0 saturated carbocycles. The molecule has 0 bridgehead atoms. The Balaban J connectivity index is 2.21. The van der Waals surface area contributed by atoms with E-state index in [4.69, 9.17) is 35.4 Å². The van der Waals surface area contributed by atoms with Gasteiger partial charge in [-0.15, -0.1) is 0 Å². The Morgan fingerprint density at radius 1 is 0.793 bits per heavy atom. The maximum atomic E-state index is 12.3. The first-order valence-corrected chi connectivity index (χ1v) is 7.94. The number of carbonyl (C=O) groups excluding carboxylic acids is 1. The average molecular weight is 409 g/mol. The molecule has 2 rings (SSSR count). The minimum Gasteiger partial charge on any atom is -0.508 e. The summed E-state index contributed by atoms with van der Waals surface area (Å²) in [6, 6.07) is 7.35. The summed E-state index contributed by atoms with van der Waals surface area (Å²) in [5, 5.41) is 10.1. The minimum absolute atomic E-state index is 0.250. The van der Waals surface area contributed by atoms with Crippen LogP contribution in [0.15, 0.2) is 60.4 Å². The molecule has 0 saturated heterocycles. The molecule has 0 fully saturated rings. The van der Waals surface area contributed by atoms with Gasteiger partial charge in [0.1, 0.15) is 5.76 Å². The molecule has 0 spiro atoms. The first-order valence-electron chi connectivity index (χ1n) is 13.9. The van der Waals surface area contributed by atoms with E-state index in [9.17, 15) is 9.90 Å². The summed E-state index contributed by atoms with van der Waals surface area (Å²) in [6.07, 6.45) is 5.52. The molecular formula is C23H24O6. The summed E-state index contributed by atoms with van der Waals surface area (Å²) < 4.78 is 106. The summed E-state index contributed by atoms with van der Waals surface area (Å²) in [6.45, 7) is 0. The van der Waals surface area contributed by atoms with Gasteiger partial charge in [0.25, 0.3) is 0 Å². The van der Waals surface area contributed by atoms with Crippen molar-refractivity contribution in [1.82, 2.24) is 0 Å². The third-order valence-electron chi connectivity index (χ3n) is 3.55. The van der Waals surface area contributed by atoms with Crippen molar-refractivity contribution < 1.29 is 45.3 Å². The van der Waals surface area contributed by atoms with Gasteiger partial charge in [-0.05, 0) is 47.5 Å². The largest absolute Gasteiger partial charge is 0.508 e. The van der Waals surface area contributed by atoms with Gasteiger partial charge in [0.05, 0.1) is 44.6 Å². The Hall–Kier alpha value is -3.67. The average Bonchev–Trinajstić information content (AvgIpc) is 2.75. The number of aliphatic hydroxyl groups is 1. The van der Waals surface area contributed by atoms with Crippen LogP contribution in [0.4, 0.5) is 0 Å². The standard InChI is InChI=1S/C23H24O6/c1-26-20-11-7-16(13-22(20)28-3)5-9-18(24)15-19(25)10-6-17-8-12-21(27-2)23(14-17)29-4/h5-15,24H,1-4H3/b9-5+,10-6+,18-15?/i1D3,2D3,3D3,4D3. The fraction of sp³-hybridized carbons (Fsp3) is 0.174. The van der Waals surface area contributed by atoms with Gasteiger partial charge in [0.2, 0.25) is 0 Å². The molecule has 2 aromatic carbocycles. The van der Waals surface area contributed by atoms with Crippen molar-refractivity contribution in [2.75, 3.05) is 28.2 Å². The maximum Gasteiger partial charge on any atom is 0.182 e. The van der Waals surface area contributed by atoms with Gasteiger partial charge in [-0.3, -0.25) is 4.79 Å². The van der Waals surface area contributed by atoms with Crippen LogP contribution in [0.5, 0.6) is 23.0 Å². The lowest BCUT2D eigenvalue weighted by Gasteiger charge is -2.07. The molecular weight excluding hydrogens is 372 g/mol. The quantitative estimate of drug-likeness (QED) is 0.375. The first-order chi connectivity index (χ1) is 18.6. The lowest BCUT2D eigenvalue weighted by atomic mass is 10.1. The van der Waals surface area contributed by atoms with E-state index in [1.807, 2.05) is 0 Å². The number of allylic oxidation sites excluding steroid dienone is 3. The van der Waals surface area contributed by atoms with Gasteiger partial charge >= 0.3 is 0 Å². The zero-order chi connectivity index (χ0) is 31.2. The SMILES string of the molecule is [2H]C([2H])([2H])Oc1ccc(/C=C/C(=O)C=C(O)/C=C/c2ccc(OC([2H])([2H])[2H])c(OC([2H])([2H])[2H])c2)cc1OC([2H])([2H])[2H]. The van der Waals surface area contributed by atoms with E-state index in [-0.39, 0.29) is 28.4 Å². The molecule has 0 heterocycles. The lowest BCUT2D eigenvalue weighted by Crippen LogP contribution is -1.91. The molecule has 152 valence electrons. The molecule has 2 aromatic rings. The molecule has 0 radical (unpaired) electrons. The van der Waals surface area contributed by atoms with Crippen molar-refractivity contribution in [3.8, 4) is 23.0 Å². The van der Waals surface area contributed by atoms with Crippen molar-refractivity contribution in [3.63, 3.8) is 0 Å². The van der Waals surface area contributed by atoms with E-state index >= 15 is 0 Å². The van der Waals surface area contributed by atoms with Crippen molar-refractivity contribution in [2.24, 2.45) is 0 Å². The molecule has 6 heteroatoms. The van der Waals surface area contributed by atoms with E-state index in [1.54, 1.807) is 0 Å². The smallest absolute Gasteiger partial charge is 0.182 e. The Bertz CT molecular complexity index is 1320. The number of benzene rings is 2. The van der Waals surface area contributed by atoms with Crippen LogP contribution in [-0.2, 0) is 4.79 Å². The predicted molar refractivity (Wildman–Crippen MR) is 113 cm³/mol. The van der Waals surface area contributed by atoms with Gasteiger partial charge in [-0.25, -0.2) is 0 Å². The van der Waals surface area contributed by atoms with Crippen molar-refractivity contribution in [2.45, 2.75) is 0 Å². The van der Waals surface area contributed by atoms with Crippen LogP contribution in [0, 0.1) is 0 Å². The highest BCUT2D eigenvalue weighted by molar-refractivity contribution is 6.02. The van der Waals surface area contributed by atoms with E-state index in [0.717, 1.165) is 36.4 Å². The molecule has 0 aliphatic heterocycles.